The van der Waals surface area contributed by atoms with Crippen molar-refractivity contribution in [2.45, 2.75) is 17.7 Å². The van der Waals surface area contributed by atoms with Gasteiger partial charge in [-0.3, -0.25) is 0 Å². The Hall–Kier alpha value is -3.37. The van der Waals surface area contributed by atoms with Crippen LogP contribution in [0.4, 0.5) is 0 Å². The second-order valence-corrected chi connectivity index (χ2v) is 9.03. The fourth-order valence-corrected chi connectivity index (χ4v) is 5.22. The summed E-state index contributed by atoms with van der Waals surface area (Å²) >= 11 is 0. The lowest BCUT2D eigenvalue weighted by atomic mass is 9.88. The fourth-order valence-electron chi connectivity index (χ4n) is 4.21. The van der Waals surface area contributed by atoms with Gasteiger partial charge in [-0.05, 0) is 58.5 Å². The minimum Gasteiger partial charge on any atom is -0.379 e. The summed E-state index contributed by atoms with van der Waals surface area (Å²) in [6.45, 7) is 1.88. The van der Waals surface area contributed by atoms with Gasteiger partial charge in [-0.1, -0.05) is 78.9 Å². The number of hydrogen-bond donors (Lipinski definition) is 0. The summed E-state index contributed by atoms with van der Waals surface area (Å²) in [4.78, 5) is 0.145. The maximum atomic E-state index is 12.6. The highest BCUT2D eigenvalue weighted by Gasteiger charge is 2.29. The summed E-state index contributed by atoms with van der Waals surface area (Å²) in [5.74, 6) is 0.470. The van der Waals surface area contributed by atoms with E-state index in [0.717, 1.165) is 11.1 Å². The molecule has 0 spiro atoms. The molecular weight excluding hydrogens is 392 g/mol. The Balaban J connectivity index is 1.53. The number of benzene rings is 4. The molecule has 5 rings (SSSR count). The minimum absolute atomic E-state index is 0.121. The number of aryl methyl sites for hydroxylation is 1. The highest BCUT2D eigenvalue weighted by atomic mass is 32.2. The van der Waals surface area contributed by atoms with E-state index in [1.54, 1.807) is 24.3 Å². The molecule has 0 fully saturated rings. The first-order chi connectivity index (χ1) is 14.5. The molecule has 0 radical (unpaired) electrons. The maximum absolute atomic E-state index is 12.6. The summed E-state index contributed by atoms with van der Waals surface area (Å²) in [5, 5.41) is 0. The standard InChI is InChI=1S/C26H20O3S/c1-18-17-19(15-16-25(18)29-30(27,28)20-9-3-2-4-10-20)26-23-13-7-5-11-21(23)22-12-6-8-14-24(22)26/h2-17,26H,1H3. The molecule has 0 heterocycles. The van der Waals surface area contributed by atoms with E-state index in [1.807, 2.05) is 19.1 Å². The van der Waals surface area contributed by atoms with Crippen LogP contribution in [0.3, 0.4) is 0 Å². The molecule has 30 heavy (non-hydrogen) atoms. The van der Waals surface area contributed by atoms with E-state index < -0.39 is 10.1 Å². The van der Waals surface area contributed by atoms with Crippen molar-refractivity contribution in [3.63, 3.8) is 0 Å². The Morgan fingerprint density at radius 2 is 1.27 bits per heavy atom. The van der Waals surface area contributed by atoms with Gasteiger partial charge in [0.15, 0.2) is 0 Å². The summed E-state index contributed by atoms with van der Waals surface area (Å²) in [7, 11) is -3.87. The predicted molar refractivity (Wildman–Crippen MR) is 118 cm³/mol. The fraction of sp³-hybridized carbons (Fsp3) is 0.0769. The predicted octanol–water partition coefficient (Wildman–Crippen LogP) is 5.92. The molecule has 4 aromatic carbocycles. The second-order valence-electron chi connectivity index (χ2n) is 7.48. The van der Waals surface area contributed by atoms with Gasteiger partial charge in [0, 0.05) is 5.92 Å². The molecule has 0 aliphatic heterocycles. The normalized spacial score (nSPS) is 13.0. The van der Waals surface area contributed by atoms with Gasteiger partial charge in [0.1, 0.15) is 10.6 Å². The van der Waals surface area contributed by atoms with Gasteiger partial charge in [-0.15, -0.1) is 0 Å². The molecule has 0 saturated heterocycles. The summed E-state index contributed by atoms with van der Waals surface area (Å²) in [6, 6.07) is 30.9. The van der Waals surface area contributed by atoms with Crippen LogP contribution in [0.15, 0.2) is 102 Å². The van der Waals surface area contributed by atoms with Crippen molar-refractivity contribution in [2.24, 2.45) is 0 Å². The van der Waals surface area contributed by atoms with Gasteiger partial charge < -0.3 is 4.18 Å². The van der Waals surface area contributed by atoms with Crippen molar-refractivity contribution in [1.82, 2.24) is 0 Å². The molecule has 0 bridgehead atoms. The lowest BCUT2D eigenvalue weighted by Crippen LogP contribution is -2.10. The average Bonchev–Trinajstić information content (AvgIpc) is 3.10. The lowest BCUT2D eigenvalue weighted by molar-refractivity contribution is 0.484. The van der Waals surface area contributed by atoms with Crippen LogP contribution in [0.1, 0.15) is 28.2 Å². The van der Waals surface area contributed by atoms with Gasteiger partial charge in [0.25, 0.3) is 0 Å². The molecule has 0 amide bonds. The molecule has 0 unspecified atom stereocenters. The molecule has 4 heteroatoms. The third-order valence-corrected chi connectivity index (χ3v) is 6.85. The SMILES string of the molecule is Cc1cc(C2c3ccccc3-c3ccccc32)ccc1OS(=O)(=O)c1ccccc1. The third kappa shape index (κ3) is 3.10. The molecule has 148 valence electrons. The van der Waals surface area contributed by atoms with Crippen molar-refractivity contribution in [3.05, 3.63) is 119 Å². The largest absolute Gasteiger partial charge is 0.379 e. The minimum atomic E-state index is -3.87. The van der Waals surface area contributed by atoms with Crippen molar-refractivity contribution < 1.29 is 12.6 Å². The third-order valence-electron chi connectivity index (χ3n) is 5.60. The zero-order chi connectivity index (χ0) is 20.7. The highest BCUT2D eigenvalue weighted by molar-refractivity contribution is 7.87. The average molecular weight is 413 g/mol. The molecule has 0 atom stereocenters. The molecule has 1 aliphatic rings. The number of fused-ring (bicyclic) bond motifs is 3. The van der Waals surface area contributed by atoms with Crippen LogP contribution in [0.5, 0.6) is 5.75 Å². The van der Waals surface area contributed by atoms with Gasteiger partial charge in [-0.2, -0.15) is 8.42 Å². The maximum Gasteiger partial charge on any atom is 0.339 e. The van der Waals surface area contributed by atoms with Crippen LogP contribution in [0.25, 0.3) is 11.1 Å². The first-order valence-corrected chi connectivity index (χ1v) is 11.2. The zero-order valence-electron chi connectivity index (χ0n) is 16.4. The Kier molecular flexibility index (Phi) is 4.44. The van der Waals surface area contributed by atoms with Crippen LogP contribution in [0, 0.1) is 6.92 Å². The van der Waals surface area contributed by atoms with Gasteiger partial charge in [0.05, 0.1) is 0 Å². The second kappa shape index (κ2) is 7.15. The molecule has 0 aromatic heterocycles. The van der Waals surface area contributed by atoms with E-state index in [2.05, 4.69) is 48.5 Å². The van der Waals surface area contributed by atoms with E-state index in [9.17, 15) is 8.42 Å². The van der Waals surface area contributed by atoms with E-state index in [1.165, 1.54) is 34.4 Å². The highest BCUT2D eigenvalue weighted by Crippen LogP contribution is 2.48. The Morgan fingerprint density at radius 3 is 1.87 bits per heavy atom. The summed E-state index contributed by atoms with van der Waals surface area (Å²) in [5.41, 5.74) is 6.95. The van der Waals surface area contributed by atoms with Crippen LogP contribution >= 0.6 is 0 Å². The van der Waals surface area contributed by atoms with Crippen LogP contribution in [0.2, 0.25) is 0 Å². The molecule has 4 aromatic rings. The van der Waals surface area contributed by atoms with Crippen molar-refractivity contribution >= 4 is 10.1 Å². The van der Waals surface area contributed by atoms with Crippen LogP contribution in [-0.2, 0) is 10.1 Å². The first-order valence-electron chi connectivity index (χ1n) is 9.83. The van der Waals surface area contributed by atoms with Crippen molar-refractivity contribution in [3.8, 4) is 16.9 Å². The van der Waals surface area contributed by atoms with Crippen LogP contribution in [-0.4, -0.2) is 8.42 Å². The van der Waals surface area contributed by atoms with E-state index in [-0.39, 0.29) is 10.8 Å². The van der Waals surface area contributed by atoms with E-state index in [0.29, 0.717) is 5.75 Å². The van der Waals surface area contributed by atoms with Gasteiger partial charge in [0.2, 0.25) is 0 Å². The Labute approximate surface area is 176 Å². The molecule has 1 aliphatic carbocycles. The van der Waals surface area contributed by atoms with E-state index in [4.69, 9.17) is 4.18 Å². The van der Waals surface area contributed by atoms with Crippen LogP contribution < -0.4 is 4.18 Å². The van der Waals surface area contributed by atoms with E-state index >= 15 is 0 Å². The Bertz CT molecular complexity index is 1300. The molecule has 0 N–H and O–H groups in total. The topological polar surface area (TPSA) is 43.4 Å². The molecule has 3 nitrogen and oxygen atoms in total. The summed E-state index contributed by atoms with van der Waals surface area (Å²) < 4.78 is 30.6. The number of rotatable bonds is 4. The Morgan fingerprint density at radius 1 is 0.700 bits per heavy atom. The quantitative estimate of drug-likeness (QED) is 0.344. The smallest absolute Gasteiger partial charge is 0.339 e. The number of hydrogen-bond acceptors (Lipinski definition) is 3. The van der Waals surface area contributed by atoms with Gasteiger partial charge in [-0.25, -0.2) is 0 Å². The van der Waals surface area contributed by atoms with Crippen molar-refractivity contribution in [1.29, 1.82) is 0 Å². The first kappa shape index (κ1) is 18.6. The van der Waals surface area contributed by atoms with Crippen molar-refractivity contribution in [2.75, 3.05) is 0 Å². The van der Waals surface area contributed by atoms with Gasteiger partial charge >= 0.3 is 10.1 Å². The molecule has 0 saturated carbocycles. The lowest BCUT2D eigenvalue weighted by Gasteiger charge is -2.17. The monoisotopic (exact) mass is 412 g/mol. The molecular formula is C26H20O3S. The summed E-state index contributed by atoms with van der Waals surface area (Å²) in [6.07, 6.45) is 0. The zero-order valence-corrected chi connectivity index (χ0v) is 17.3.